The third-order valence-corrected chi connectivity index (χ3v) is 1.54. The van der Waals surface area contributed by atoms with Crippen molar-refractivity contribution < 1.29 is 73.4 Å². The van der Waals surface area contributed by atoms with Crippen molar-refractivity contribution in [2.45, 2.75) is 19.5 Å². The van der Waals surface area contributed by atoms with E-state index in [4.69, 9.17) is 5.11 Å². The van der Waals surface area contributed by atoms with Crippen LogP contribution in [0.2, 0.25) is 0 Å². The minimum absolute atomic E-state index is 0. The van der Waals surface area contributed by atoms with Gasteiger partial charge in [-0.15, -0.1) is 0 Å². The van der Waals surface area contributed by atoms with E-state index in [1.54, 1.807) is 6.92 Å². The van der Waals surface area contributed by atoms with E-state index in [0.29, 0.717) is 6.61 Å². The van der Waals surface area contributed by atoms with Gasteiger partial charge in [0.15, 0.2) is 0 Å². The number of esters is 1. The summed E-state index contributed by atoms with van der Waals surface area (Å²) in [5.41, 5.74) is 0. The van der Waals surface area contributed by atoms with E-state index in [2.05, 4.69) is 23.7 Å². The summed E-state index contributed by atoms with van der Waals surface area (Å²) >= 11 is 0. The summed E-state index contributed by atoms with van der Waals surface area (Å²) < 4.78 is 22.5. The smallest absolute Gasteiger partial charge is 0.870 e. The van der Waals surface area contributed by atoms with Crippen LogP contribution in [0.5, 0.6) is 0 Å². The van der Waals surface area contributed by atoms with E-state index in [1.807, 2.05) is 0 Å². The van der Waals surface area contributed by atoms with Gasteiger partial charge >= 0.3 is 41.5 Å². The summed E-state index contributed by atoms with van der Waals surface area (Å²) in [7, 11) is 5.29. The molecule has 0 amide bonds. The van der Waals surface area contributed by atoms with Crippen LogP contribution < -0.4 is 29.6 Å². The van der Waals surface area contributed by atoms with Crippen LogP contribution in [0.25, 0.3) is 0 Å². The molecule has 0 radical (unpaired) electrons. The molecule has 0 aliphatic heterocycles. The fourth-order valence-corrected chi connectivity index (χ4v) is 0.797. The molecule has 0 unspecified atom stereocenters. The van der Waals surface area contributed by atoms with Crippen LogP contribution in [0.15, 0.2) is 0 Å². The molecule has 0 aliphatic carbocycles. The van der Waals surface area contributed by atoms with Crippen molar-refractivity contribution >= 4 is 11.9 Å². The predicted octanol–water partition coefficient (Wildman–Crippen LogP) is -3.31. The van der Waals surface area contributed by atoms with Gasteiger partial charge in [0.1, 0.15) is 0 Å². The summed E-state index contributed by atoms with van der Waals surface area (Å²) in [6.07, 6.45) is -2.02. The number of hydrogen-bond donors (Lipinski definition) is 1. The molecule has 0 spiro atoms. The number of ether oxygens (including phenoxy) is 5. The molecular weight excluding hydrogens is 287 g/mol. The van der Waals surface area contributed by atoms with E-state index in [0.717, 1.165) is 0 Å². The molecule has 0 rings (SSSR count). The molecule has 0 aromatic heterocycles. The summed E-state index contributed by atoms with van der Waals surface area (Å²) in [6.45, 7) is 2.06. The van der Waals surface area contributed by atoms with Crippen LogP contribution >= 0.6 is 0 Å². The summed E-state index contributed by atoms with van der Waals surface area (Å²) in [5.74, 6) is -1.61. The summed E-state index contributed by atoms with van der Waals surface area (Å²) in [4.78, 5) is 20.6. The van der Waals surface area contributed by atoms with Gasteiger partial charge < -0.3 is 34.3 Å². The van der Waals surface area contributed by atoms with Crippen LogP contribution in [0.3, 0.4) is 0 Å². The monoisotopic (exact) mass is 308 g/mol. The Hall–Kier alpha value is -0.260. The van der Waals surface area contributed by atoms with E-state index < -0.39 is 24.5 Å². The van der Waals surface area contributed by atoms with Crippen molar-refractivity contribution in [1.29, 1.82) is 0 Å². The minimum Gasteiger partial charge on any atom is -0.870 e. The number of carboxylic acids is 1. The normalized spacial score (nSPS) is 8.95. The largest absolute Gasteiger partial charge is 1.00 e. The van der Waals surface area contributed by atoms with Crippen molar-refractivity contribution in [3.8, 4) is 0 Å². The molecule has 0 saturated carbocycles. The standard InChI is InChI=1S/C6H12O4.C4H8O4.Na.H2O/c1-4-10-5(7)6(8-2)9-3;1-7-4(8-2)3(5)6;;/h6H,4H2,1-3H3;4H,1-2H3,(H,5,6);;1H2/q;;+1;/p-1. The first-order valence-corrected chi connectivity index (χ1v) is 4.98. The van der Waals surface area contributed by atoms with Gasteiger partial charge in [0, 0.05) is 28.4 Å². The predicted molar refractivity (Wildman–Crippen MR) is 61.8 cm³/mol. The molecule has 116 valence electrons. The molecule has 0 saturated heterocycles. The molecular formula is C10H21NaO9. The van der Waals surface area contributed by atoms with Gasteiger partial charge in [0.05, 0.1) is 6.61 Å². The van der Waals surface area contributed by atoms with Gasteiger partial charge in [-0.1, -0.05) is 0 Å². The Morgan fingerprint density at radius 3 is 1.45 bits per heavy atom. The second-order valence-corrected chi connectivity index (χ2v) is 2.70. The number of carbonyl (C=O) groups is 2. The second kappa shape index (κ2) is 18.7. The average Bonchev–Trinajstić information content (AvgIpc) is 2.33. The number of carboxylic acid groups (broad SMARTS) is 1. The van der Waals surface area contributed by atoms with Gasteiger partial charge in [-0.3, -0.25) is 0 Å². The summed E-state index contributed by atoms with van der Waals surface area (Å²) in [6, 6.07) is 0. The Morgan fingerprint density at radius 2 is 1.30 bits per heavy atom. The molecule has 0 atom stereocenters. The van der Waals surface area contributed by atoms with Crippen molar-refractivity contribution in [3.05, 3.63) is 0 Å². The third kappa shape index (κ3) is 14.2. The molecule has 9 nitrogen and oxygen atoms in total. The zero-order valence-corrected chi connectivity index (χ0v) is 14.6. The first-order chi connectivity index (χ1) is 8.48. The van der Waals surface area contributed by atoms with E-state index in [1.165, 1.54) is 28.4 Å². The van der Waals surface area contributed by atoms with Gasteiger partial charge in [-0.05, 0) is 6.92 Å². The van der Waals surface area contributed by atoms with Crippen LogP contribution in [-0.2, 0) is 33.3 Å². The fourth-order valence-electron chi connectivity index (χ4n) is 0.797. The van der Waals surface area contributed by atoms with Crippen LogP contribution in [0.4, 0.5) is 0 Å². The van der Waals surface area contributed by atoms with Crippen molar-refractivity contribution in [2.75, 3.05) is 35.0 Å². The first-order valence-electron chi connectivity index (χ1n) is 4.98. The molecule has 0 aromatic rings. The first kappa shape index (κ1) is 28.0. The Bertz CT molecular complexity index is 229. The quantitative estimate of drug-likeness (QED) is 0.291. The van der Waals surface area contributed by atoms with Crippen LogP contribution in [0.1, 0.15) is 6.92 Å². The maximum absolute atomic E-state index is 10.7. The third-order valence-electron chi connectivity index (χ3n) is 1.54. The maximum atomic E-state index is 10.7. The van der Waals surface area contributed by atoms with E-state index in [9.17, 15) is 9.59 Å². The van der Waals surface area contributed by atoms with Crippen LogP contribution in [0, 0.1) is 0 Å². The van der Waals surface area contributed by atoms with E-state index in [-0.39, 0.29) is 35.0 Å². The van der Waals surface area contributed by atoms with Gasteiger partial charge in [-0.25, -0.2) is 9.59 Å². The van der Waals surface area contributed by atoms with Gasteiger partial charge in [0.25, 0.3) is 12.6 Å². The average molecular weight is 308 g/mol. The number of carbonyl (C=O) groups excluding carboxylic acids is 1. The molecule has 10 heteroatoms. The Labute approximate surface area is 140 Å². The molecule has 0 heterocycles. The minimum atomic E-state index is -1.13. The maximum Gasteiger partial charge on any atom is 1.00 e. The summed E-state index contributed by atoms with van der Waals surface area (Å²) in [5, 5.41) is 8.12. The van der Waals surface area contributed by atoms with Gasteiger partial charge in [0.2, 0.25) is 0 Å². The number of rotatable bonds is 7. The fraction of sp³-hybridized carbons (Fsp3) is 0.800. The second-order valence-electron chi connectivity index (χ2n) is 2.70. The molecule has 0 aliphatic rings. The number of hydrogen-bond acceptors (Lipinski definition) is 8. The van der Waals surface area contributed by atoms with Crippen molar-refractivity contribution in [3.63, 3.8) is 0 Å². The number of aliphatic carboxylic acids is 1. The molecule has 2 N–H and O–H groups in total. The Balaban J connectivity index is -0.000000119. The van der Waals surface area contributed by atoms with E-state index >= 15 is 0 Å². The van der Waals surface area contributed by atoms with Crippen molar-refractivity contribution in [1.82, 2.24) is 0 Å². The zero-order valence-electron chi connectivity index (χ0n) is 12.6. The number of methoxy groups -OCH3 is 4. The zero-order chi connectivity index (χ0) is 14.6. The Morgan fingerprint density at radius 1 is 0.950 bits per heavy atom. The Kier molecular flexibility index (Phi) is 26.2. The molecule has 20 heavy (non-hydrogen) atoms. The topological polar surface area (TPSA) is 131 Å². The van der Waals surface area contributed by atoms with Crippen molar-refractivity contribution in [2.24, 2.45) is 0 Å². The van der Waals surface area contributed by atoms with Gasteiger partial charge in [-0.2, -0.15) is 0 Å². The molecule has 0 fully saturated rings. The molecule has 0 bridgehead atoms. The van der Waals surface area contributed by atoms with Crippen LogP contribution in [-0.4, -0.2) is 70.1 Å². The SMILES string of the molecule is CCOC(=O)C(OC)OC.COC(OC)C(=O)O.[Na+].[OH-]. The molecule has 0 aromatic carbocycles.